The minimum Gasteiger partial charge on any atom is -0.496 e. The van der Waals surface area contributed by atoms with Crippen LogP contribution < -0.4 is 21.7 Å². The first-order valence-electron chi connectivity index (χ1n) is 13.6. The monoisotopic (exact) mass is 672 g/mol. The second-order valence-electron chi connectivity index (χ2n) is 10.0. The summed E-state index contributed by atoms with van der Waals surface area (Å²) >= 11 is 4.79. The predicted octanol–water partition coefficient (Wildman–Crippen LogP) is 5.50. The number of hydrogen-bond acceptors (Lipinski definition) is 8. The lowest BCUT2D eigenvalue weighted by molar-refractivity contribution is 0.0968. The van der Waals surface area contributed by atoms with Crippen molar-refractivity contribution in [3.63, 3.8) is 0 Å². The molecule has 0 saturated carbocycles. The Balaban J connectivity index is 1.37. The summed E-state index contributed by atoms with van der Waals surface area (Å²) in [5, 5.41) is 4.23. The molecule has 0 atom stereocenters. The lowest BCUT2D eigenvalue weighted by Crippen LogP contribution is -2.41. The summed E-state index contributed by atoms with van der Waals surface area (Å²) in [7, 11) is 1.53. The maximum Gasteiger partial charge on any atom is 0.439 e. The van der Waals surface area contributed by atoms with Gasteiger partial charge in [0.1, 0.15) is 10.6 Å². The maximum absolute atomic E-state index is 13.8. The van der Waals surface area contributed by atoms with Gasteiger partial charge in [-0.25, -0.2) is 9.59 Å². The summed E-state index contributed by atoms with van der Waals surface area (Å²) in [5.74, 6) is -0.121. The quantitative estimate of drug-likeness (QED) is 0.201. The minimum atomic E-state index is -0.637. The Hall–Kier alpha value is -4.81. The van der Waals surface area contributed by atoms with Gasteiger partial charge < -0.3 is 4.74 Å². The molecule has 0 radical (unpaired) electrons. The van der Waals surface area contributed by atoms with Crippen molar-refractivity contribution in [3.05, 3.63) is 125 Å². The number of aromatic amines is 1. The highest BCUT2D eigenvalue weighted by Gasteiger charge is 2.20. The van der Waals surface area contributed by atoms with Crippen LogP contribution in [0.4, 0.5) is 0 Å². The van der Waals surface area contributed by atoms with Gasteiger partial charge in [0.15, 0.2) is 11.6 Å². The molecular weight excluding hydrogens is 648 g/mol. The van der Waals surface area contributed by atoms with Gasteiger partial charge in [-0.05, 0) is 63.3 Å². The van der Waals surface area contributed by atoms with Crippen molar-refractivity contribution in [2.24, 2.45) is 0 Å². The number of H-pyrrole nitrogens is 1. The number of benzene rings is 3. The third kappa shape index (κ3) is 5.49. The molecule has 0 saturated heterocycles. The number of ketones is 1. The van der Waals surface area contributed by atoms with Crippen LogP contribution in [-0.4, -0.2) is 32.2 Å². The van der Waals surface area contributed by atoms with E-state index in [0.29, 0.717) is 43.8 Å². The molecular formula is C32H25BrN4O6S. The molecule has 0 fully saturated rings. The van der Waals surface area contributed by atoms with Gasteiger partial charge >= 0.3 is 11.4 Å². The molecule has 0 amide bonds. The topological polar surface area (TPSA) is 129 Å². The number of rotatable bonds is 9. The Bertz CT molecular complexity index is 2210. The van der Waals surface area contributed by atoms with E-state index in [2.05, 4.69) is 30.6 Å². The van der Waals surface area contributed by atoms with Crippen LogP contribution in [0, 0.1) is 0 Å². The second kappa shape index (κ2) is 12.1. The van der Waals surface area contributed by atoms with Crippen LogP contribution in [-0.2, 0) is 19.5 Å². The van der Waals surface area contributed by atoms with E-state index in [1.165, 1.54) is 18.4 Å². The van der Waals surface area contributed by atoms with Gasteiger partial charge in [0.25, 0.3) is 5.56 Å². The van der Waals surface area contributed by atoms with E-state index in [4.69, 9.17) is 4.74 Å². The van der Waals surface area contributed by atoms with Crippen molar-refractivity contribution in [1.29, 1.82) is 0 Å². The molecule has 3 aromatic heterocycles. The number of nitrogens with one attached hydrogen (secondary N) is 1. The largest absolute Gasteiger partial charge is 0.496 e. The Kier molecular flexibility index (Phi) is 8.02. The van der Waals surface area contributed by atoms with Gasteiger partial charge in [-0.3, -0.25) is 28.2 Å². The summed E-state index contributed by atoms with van der Waals surface area (Å²) in [6.45, 7) is 1.78. The van der Waals surface area contributed by atoms with Crippen molar-refractivity contribution in [1.82, 2.24) is 19.3 Å². The van der Waals surface area contributed by atoms with Gasteiger partial charge in [-0.1, -0.05) is 60.6 Å². The van der Waals surface area contributed by atoms with E-state index < -0.39 is 23.5 Å². The van der Waals surface area contributed by atoms with Gasteiger partial charge in [0.05, 0.1) is 30.1 Å². The number of thiophene rings is 1. The van der Waals surface area contributed by atoms with Crippen molar-refractivity contribution in [2.75, 3.05) is 7.11 Å². The first-order valence-corrected chi connectivity index (χ1v) is 15.3. The summed E-state index contributed by atoms with van der Waals surface area (Å²) in [4.78, 5) is 56.2. The van der Waals surface area contributed by atoms with Crippen molar-refractivity contribution in [3.8, 4) is 28.3 Å². The second-order valence-corrected chi connectivity index (χ2v) is 12.0. The van der Waals surface area contributed by atoms with E-state index in [0.717, 1.165) is 26.1 Å². The molecule has 3 aromatic carbocycles. The van der Waals surface area contributed by atoms with Crippen LogP contribution >= 0.6 is 27.3 Å². The molecule has 6 rings (SSSR count). The number of aryl methyl sites for hydroxylation is 1. The molecule has 10 nitrogen and oxygen atoms in total. The number of Topliss-reactive ketones (excluding diaryl/α,β-unsaturated/α-hetero) is 1. The summed E-state index contributed by atoms with van der Waals surface area (Å²) in [5.41, 5.74) is 2.54. The molecule has 0 bridgehead atoms. The lowest BCUT2D eigenvalue weighted by Gasteiger charge is -2.13. The number of nitrogens with zero attached hydrogens (tertiary/aromatic N) is 3. The van der Waals surface area contributed by atoms with Crippen LogP contribution in [0.25, 0.3) is 32.7 Å². The molecule has 0 aliphatic rings. The third-order valence-corrected chi connectivity index (χ3v) is 9.22. The smallest absolute Gasteiger partial charge is 0.439 e. The van der Waals surface area contributed by atoms with Crippen molar-refractivity contribution >= 4 is 43.3 Å². The molecule has 0 unspecified atom stereocenters. The van der Waals surface area contributed by atoms with E-state index in [1.54, 1.807) is 28.8 Å². The fourth-order valence-corrected chi connectivity index (χ4v) is 6.66. The highest BCUT2D eigenvalue weighted by molar-refractivity contribution is 9.10. The molecule has 6 aromatic rings. The standard InChI is InChI=1S/C32H25BrN4O6S/c1-3-21-15-24-29(39)36(17-26(38)20-12-13-27(42-2)25(33)14-20)32(41)37(30(24)44-21)16-18-8-10-19(11-9-18)22-6-4-5-7-23(22)28-34-31(40)43-35-28/h4-15H,3,16-17H2,1-2H3,(H,34,35,40). The number of carbonyl (C=O) groups excluding carboxylic acids is 1. The molecule has 12 heteroatoms. The molecule has 222 valence electrons. The Morgan fingerprint density at radius 1 is 1.00 bits per heavy atom. The number of carbonyl (C=O) groups is 1. The number of fused-ring (bicyclic) bond motifs is 1. The van der Waals surface area contributed by atoms with Gasteiger partial charge in [0.2, 0.25) is 0 Å². The first-order chi connectivity index (χ1) is 21.3. The number of ether oxygens (including phenoxy) is 1. The molecule has 44 heavy (non-hydrogen) atoms. The fraction of sp³-hybridized carbons (Fsp3) is 0.156. The molecule has 0 aliphatic heterocycles. The molecule has 1 N–H and O–H groups in total. The Labute approximate surface area is 262 Å². The molecule has 0 aliphatic carbocycles. The van der Waals surface area contributed by atoms with E-state index in [1.807, 2.05) is 55.5 Å². The highest BCUT2D eigenvalue weighted by atomic mass is 79.9. The number of methoxy groups -OCH3 is 1. The minimum absolute atomic E-state index is 0.195. The van der Waals surface area contributed by atoms with E-state index >= 15 is 0 Å². The van der Waals surface area contributed by atoms with Crippen LogP contribution in [0.2, 0.25) is 0 Å². The number of hydrogen-bond donors (Lipinski definition) is 1. The molecule has 3 heterocycles. The fourth-order valence-electron chi connectivity index (χ4n) is 5.04. The van der Waals surface area contributed by atoms with Gasteiger partial charge in [0, 0.05) is 16.0 Å². The summed E-state index contributed by atoms with van der Waals surface area (Å²) < 4.78 is 13.1. The van der Waals surface area contributed by atoms with Gasteiger partial charge in [-0.2, -0.15) is 0 Å². The van der Waals surface area contributed by atoms with Crippen LogP contribution in [0.15, 0.2) is 96.2 Å². The van der Waals surface area contributed by atoms with E-state index in [-0.39, 0.29) is 12.3 Å². The Morgan fingerprint density at radius 2 is 1.75 bits per heavy atom. The third-order valence-electron chi connectivity index (χ3n) is 7.30. The zero-order chi connectivity index (χ0) is 31.0. The normalized spacial score (nSPS) is 11.2. The Morgan fingerprint density at radius 3 is 2.41 bits per heavy atom. The lowest BCUT2D eigenvalue weighted by atomic mass is 9.98. The summed E-state index contributed by atoms with van der Waals surface area (Å²) in [6, 6.07) is 21.8. The predicted molar refractivity (Wildman–Crippen MR) is 172 cm³/mol. The van der Waals surface area contributed by atoms with Crippen LogP contribution in [0.1, 0.15) is 27.7 Å². The average Bonchev–Trinajstić information content (AvgIpc) is 3.68. The van der Waals surface area contributed by atoms with Crippen molar-refractivity contribution < 1.29 is 14.1 Å². The highest BCUT2D eigenvalue weighted by Crippen LogP contribution is 2.30. The summed E-state index contributed by atoms with van der Waals surface area (Å²) in [6.07, 6.45) is 0.705. The zero-order valence-electron chi connectivity index (χ0n) is 23.6. The van der Waals surface area contributed by atoms with Crippen LogP contribution in [0.5, 0.6) is 5.75 Å². The van der Waals surface area contributed by atoms with Gasteiger partial charge in [-0.15, -0.1) is 11.3 Å². The molecule has 0 spiro atoms. The first kappa shape index (κ1) is 29.3. The van der Waals surface area contributed by atoms with Crippen molar-refractivity contribution in [2.45, 2.75) is 26.4 Å². The number of aromatic nitrogens is 4. The zero-order valence-corrected chi connectivity index (χ0v) is 26.0. The SMILES string of the molecule is CCc1cc2c(=O)n(CC(=O)c3ccc(OC)c(Br)c3)c(=O)n(Cc3ccc(-c4ccccc4-c4noc(=O)[nH]4)cc3)c2s1. The van der Waals surface area contributed by atoms with E-state index in [9.17, 15) is 19.2 Å². The average molecular weight is 674 g/mol. The maximum atomic E-state index is 13.8. The van der Waals surface area contributed by atoms with Crippen LogP contribution in [0.3, 0.4) is 0 Å². The number of halogens is 1.